The van der Waals surface area contributed by atoms with Gasteiger partial charge in [0, 0.05) is 18.5 Å². The van der Waals surface area contributed by atoms with Gasteiger partial charge < -0.3 is 14.4 Å². The molecular weight excluding hydrogens is 673 g/mol. The van der Waals surface area contributed by atoms with Crippen molar-refractivity contribution in [3.05, 3.63) is 179 Å². The largest absolute Gasteiger partial charge is 0.461 e. The summed E-state index contributed by atoms with van der Waals surface area (Å²) in [4.78, 5) is 20.0. The third kappa shape index (κ3) is 6.86. The molecule has 0 aliphatic rings. The van der Waals surface area contributed by atoms with Gasteiger partial charge in [0.15, 0.2) is 11.2 Å². The van der Waals surface area contributed by atoms with Crippen molar-refractivity contribution < 1.29 is 14.6 Å². The topological polar surface area (TPSA) is 108 Å². The number of benzene rings is 5. The number of rotatable bonds is 13. The molecule has 7 rings (SSSR count). The van der Waals surface area contributed by atoms with E-state index < -0.39 is 17.1 Å². The molecule has 0 aliphatic carbocycles. The minimum Gasteiger partial charge on any atom is -0.461 e. The summed E-state index contributed by atoms with van der Waals surface area (Å²) in [6, 6.07) is 47.1. The molecule has 2 heterocycles. The Labute approximate surface area is 315 Å². The summed E-state index contributed by atoms with van der Waals surface area (Å²) in [5.41, 5.74) is 4.83. The molecule has 0 fully saturated rings. The van der Waals surface area contributed by atoms with Crippen molar-refractivity contribution in [2.75, 3.05) is 6.61 Å². The Bertz CT molecular complexity index is 2230. The van der Waals surface area contributed by atoms with Crippen molar-refractivity contribution in [1.82, 2.24) is 29.8 Å². The fourth-order valence-corrected chi connectivity index (χ4v) is 7.19. The van der Waals surface area contributed by atoms with Crippen molar-refractivity contribution in [3.8, 4) is 22.5 Å². The number of aliphatic hydroxyl groups is 1. The Morgan fingerprint density at radius 1 is 0.741 bits per heavy atom. The fraction of sp³-hybridized carbons (Fsp3) is 0.222. The SMILES string of the molecule is CCCc1nc(C(C)(C)O)c(C(=O)OCC)n1Cc1ccc(-c2ccccc2)c(-c2nnn(C(c3ccccc3)(c3ccccc3)c3ccccc3)n2)c1. The minimum absolute atomic E-state index is 0.201. The van der Waals surface area contributed by atoms with Crippen LogP contribution in [-0.4, -0.2) is 47.4 Å². The van der Waals surface area contributed by atoms with Gasteiger partial charge in [-0.25, -0.2) is 9.78 Å². The zero-order valence-corrected chi connectivity index (χ0v) is 31.1. The van der Waals surface area contributed by atoms with E-state index in [4.69, 9.17) is 25.1 Å². The van der Waals surface area contributed by atoms with Crippen LogP contribution in [-0.2, 0) is 28.8 Å². The normalized spacial score (nSPS) is 11.8. The van der Waals surface area contributed by atoms with Crippen LogP contribution in [0, 0.1) is 0 Å². The van der Waals surface area contributed by atoms with Crippen LogP contribution in [0.1, 0.15) is 78.4 Å². The van der Waals surface area contributed by atoms with Crippen molar-refractivity contribution in [1.29, 1.82) is 0 Å². The predicted octanol–water partition coefficient (Wildman–Crippen LogP) is 8.45. The molecule has 54 heavy (non-hydrogen) atoms. The first-order valence-corrected chi connectivity index (χ1v) is 18.4. The monoisotopic (exact) mass is 716 g/mol. The average molecular weight is 717 g/mol. The zero-order valence-electron chi connectivity index (χ0n) is 31.1. The lowest BCUT2D eigenvalue weighted by molar-refractivity contribution is 0.0469. The van der Waals surface area contributed by atoms with Crippen LogP contribution in [0.15, 0.2) is 140 Å². The number of esters is 1. The number of hydrogen-bond acceptors (Lipinski definition) is 7. The summed E-state index contributed by atoms with van der Waals surface area (Å²) in [5, 5.41) is 26.0. The number of tetrazole rings is 1. The molecule has 0 saturated carbocycles. The van der Waals surface area contributed by atoms with Gasteiger partial charge in [-0.05, 0) is 71.9 Å². The molecule has 0 saturated heterocycles. The second-order valence-corrected chi connectivity index (χ2v) is 13.8. The number of imidazole rings is 1. The second kappa shape index (κ2) is 15.4. The summed E-state index contributed by atoms with van der Waals surface area (Å²) < 4.78 is 7.39. The number of aryl methyl sites for hydroxylation is 1. The highest BCUT2D eigenvalue weighted by molar-refractivity contribution is 5.89. The van der Waals surface area contributed by atoms with Crippen molar-refractivity contribution in [2.45, 2.75) is 58.2 Å². The molecule has 0 bridgehead atoms. The molecule has 5 aromatic carbocycles. The van der Waals surface area contributed by atoms with Gasteiger partial charge >= 0.3 is 5.97 Å². The first kappa shape index (κ1) is 36.2. The van der Waals surface area contributed by atoms with E-state index in [0.717, 1.165) is 45.4 Å². The maximum Gasteiger partial charge on any atom is 0.357 e. The van der Waals surface area contributed by atoms with Gasteiger partial charge in [0.1, 0.15) is 17.1 Å². The van der Waals surface area contributed by atoms with Gasteiger partial charge in [-0.3, -0.25) is 0 Å². The average Bonchev–Trinajstić information content (AvgIpc) is 3.83. The van der Waals surface area contributed by atoms with Crippen LogP contribution in [0.4, 0.5) is 0 Å². The molecule has 2 aromatic heterocycles. The highest BCUT2D eigenvalue weighted by Gasteiger charge is 2.41. The third-order valence-electron chi connectivity index (χ3n) is 9.61. The lowest BCUT2D eigenvalue weighted by atomic mass is 9.77. The van der Waals surface area contributed by atoms with Crippen LogP contribution in [0.5, 0.6) is 0 Å². The molecule has 1 N–H and O–H groups in total. The van der Waals surface area contributed by atoms with E-state index in [9.17, 15) is 9.90 Å². The first-order valence-electron chi connectivity index (χ1n) is 18.4. The minimum atomic E-state index is -1.36. The number of carbonyl (C=O) groups excluding carboxylic acids is 1. The quantitative estimate of drug-likeness (QED) is 0.0943. The lowest BCUT2D eigenvalue weighted by Gasteiger charge is -2.34. The van der Waals surface area contributed by atoms with Crippen molar-refractivity contribution >= 4 is 5.97 Å². The lowest BCUT2D eigenvalue weighted by Crippen LogP contribution is -2.39. The van der Waals surface area contributed by atoms with Gasteiger partial charge in [-0.2, -0.15) is 0 Å². The predicted molar refractivity (Wildman–Crippen MR) is 210 cm³/mol. The first-order chi connectivity index (χ1) is 26.2. The molecule has 0 radical (unpaired) electrons. The number of ether oxygens (including phenoxy) is 1. The molecule has 0 atom stereocenters. The smallest absolute Gasteiger partial charge is 0.357 e. The Morgan fingerprint density at radius 3 is 1.81 bits per heavy atom. The maximum absolute atomic E-state index is 13.5. The Morgan fingerprint density at radius 2 is 1.30 bits per heavy atom. The van der Waals surface area contributed by atoms with E-state index in [1.165, 1.54) is 0 Å². The number of carbonyl (C=O) groups is 1. The van der Waals surface area contributed by atoms with E-state index in [1.54, 1.807) is 25.6 Å². The van der Waals surface area contributed by atoms with Gasteiger partial charge in [0.25, 0.3) is 0 Å². The summed E-state index contributed by atoms with van der Waals surface area (Å²) in [6.45, 7) is 7.62. The van der Waals surface area contributed by atoms with Crippen LogP contribution >= 0.6 is 0 Å². The van der Waals surface area contributed by atoms with Crippen LogP contribution in [0.2, 0.25) is 0 Å². The van der Waals surface area contributed by atoms with E-state index in [1.807, 2.05) is 83.4 Å². The second-order valence-electron chi connectivity index (χ2n) is 13.8. The van der Waals surface area contributed by atoms with E-state index >= 15 is 0 Å². The molecule has 0 aliphatic heterocycles. The van der Waals surface area contributed by atoms with Crippen molar-refractivity contribution in [2.24, 2.45) is 0 Å². The fourth-order valence-electron chi connectivity index (χ4n) is 7.19. The standard InChI is InChI=1S/C45H44N6O3/c1-5-19-39-46-41(44(3,4)53)40(43(52)54-6-2)50(39)31-32-28-29-37(33-20-11-7-12-21-33)38(30-32)42-47-49-51(48-42)45(34-22-13-8-14-23-34,35-24-15-9-16-25-35)36-26-17-10-18-27-36/h7-18,20-30,53H,5-6,19,31H2,1-4H3. The molecule has 9 nitrogen and oxygen atoms in total. The van der Waals surface area contributed by atoms with Crippen LogP contribution in [0.25, 0.3) is 22.5 Å². The van der Waals surface area contributed by atoms with Gasteiger partial charge in [0.05, 0.1) is 6.61 Å². The third-order valence-corrected chi connectivity index (χ3v) is 9.61. The summed E-state index contributed by atoms with van der Waals surface area (Å²) in [5.74, 6) is 0.633. The van der Waals surface area contributed by atoms with E-state index in [-0.39, 0.29) is 12.3 Å². The Balaban J connectivity index is 1.43. The van der Waals surface area contributed by atoms with E-state index in [2.05, 4.69) is 67.6 Å². The number of hydrogen-bond donors (Lipinski definition) is 1. The number of nitrogens with zero attached hydrogens (tertiary/aromatic N) is 6. The molecule has 9 heteroatoms. The van der Waals surface area contributed by atoms with E-state index in [0.29, 0.717) is 30.3 Å². The molecule has 0 spiro atoms. The summed E-state index contributed by atoms with van der Waals surface area (Å²) >= 11 is 0. The van der Waals surface area contributed by atoms with Crippen LogP contribution < -0.4 is 0 Å². The number of aromatic nitrogens is 6. The summed E-state index contributed by atoms with van der Waals surface area (Å²) in [6.07, 6.45) is 1.43. The van der Waals surface area contributed by atoms with Gasteiger partial charge in [0.2, 0.25) is 5.82 Å². The molecule has 272 valence electrons. The zero-order chi connectivity index (χ0) is 37.7. The van der Waals surface area contributed by atoms with Gasteiger partial charge in [-0.1, -0.05) is 140 Å². The highest BCUT2D eigenvalue weighted by atomic mass is 16.5. The molecule has 0 amide bonds. The Hall–Kier alpha value is -6.19. The molecule has 7 aromatic rings. The maximum atomic E-state index is 13.5. The van der Waals surface area contributed by atoms with Crippen molar-refractivity contribution in [3.63, 3.8) is 0 Å². The Kier molecular flexibility index (Phi) is 10.3. The molecule has 0 unspecified atom stereocenters. The summed E-state index contributed by atoms with van der Waals surface area (Å²) in [7, 11) is 0. The molecular formula is C45H44N6O3. The highest BCUT2D eigenvalue weighted by Crippen LogP contribution is 2.41. The van der Waals surface area contributed by atoms with Crippen LogP contribution in [0.3, 0.4) is 0 Å². The van der Waals surface area contributed by atoms with Gasteiger partial charge in [-0.15, -0.1) is 15.0 Å².